The number of para-hydroxylation sites is 4. The second-order valence-electron chi connectivity index (χ2n) is 24.9. The topological polar surface area (TPSA) is 13.0 Å². The first-order valence-electron chi connectivity index (χ1n) is 34.1. The lowest BCUT2D eigenvalue weighted by Crippen LogP contribution is -2.10. The van der Waals surface area contributed by atoms with Crippen LogP contribution in [0.4, 0.5) is 68.2 Å². The van der Waals surface area contributed by atoms with Crippen molar-refractivity contribution in [1.29, 1.82) is 0 Å². The van der Waals surface area contributed by atoms with Gasteiger partial charge in [-0.25, -0.2) is 0 Å². The molecule has 0 aliphatic rings. The number of benzene rings is 16. The van der Waals surface area contributed by atoms with Gasteiger partial charge in [-0.3, -0.25) is 0 Å². The average molecular weight is 1280 g/mol. The van der Waals surface area contributed by atoms with Gasteiger partial charge in [0, 0.05) is 68.2 Å². The predicted octanol–water partition coefficient (Wildman–Crippen LogP) is 27.2. The zero-order chi connectivity index (χ0) is 66.8. The van der Waals surface area contributed by atoms with Crippen LogP contribution in [0.3, 0.4) is 0 Å². The zero-order valence-corrected chi connectivity index (χ0v) is 55.2. The van der Waals surface area contributed by atoms with Crippen molar-refractivity contribution in [2.45, 2.75) is 0 Å². The van der Waals surface area contributed by atoms with Gasteiger partial charge in [-0.15, -0.1) is 0 Å². The van der Waals surface area contributed by atoms with E-state index in [1.807, 2.05) is 0 Å². The molecule has 0 saturated heterocycles. The fourth-order valence-electron chi connectivity index (χ4n) is 13.5. The van der Waals surface area contributed by atoms with E-state index in [9.17, 15) is 0 Å². The summed E-state index contributed by atoms with van der Waals surface area (Å²) in [4.78, 5) is 9.28. The van der Waals surface area contributed by atoms with Gasteiger partial charge >= 0.3 is 0 Å². The van der Waals surface area contributed by atoms with Gasteiger partial charge in [-0.05, 0) is 223 Å². The molecule has 0 aromatic heterocycles. The van der Waals surface area contributed by atoms with Crippen molar-refractivity contribution in [3.05, 3.63) is 425 Å². The van der Waals surface area contributed by atoms with Gasteiger partial charge in [-0.2, -0.15) is 0 Å². The van der Waals surface area contributed by atoms with Gasteiger partial charge in [0.05, 0.1) is 0 Å². The van der Waals surface area contributed by atoms with Crippen molar-refractivity contribution in [1.82, 2.24) is 0 Å². The van der Waals surface area contributed by atoms with Crippen LogP contribution in [0.25, 0.3) is 77.9 Å². The Bertz CT molecular complexity index is 4930. The molecule has 0 unspecified atom stereocenters. The van der Waals surface area contributed by atoms with E-state index in [2.05, 4.69) is 444 Å². The maximum absolute atomic E-state index is 2.33. The normalized spacial score (nSPS) is 11.0. The lowest BCUT2D eigenvalue weighted by Gasteiger charge is -2.26. The van der Waals surface area contributed by atoms with Crippen molar-refractivity contribution in [3.8, 4) is 77.9 Å². The molecule has 0 atom stereocenters. The minimum atomic E-state index is 1.08. The lowest BCUT2D eigenvalue weighted by molar-refractivity contribution is 1.28. The molecular formula is C96H70N4. The van der Waals surface area contributed by atoms with Crippen molar-refractivity contribution in [2.75, 3.05) is 19.6 Å². The SMILES string of the molecule is c1ccc(-c2ccc(N(c3ccccc3)c3ccc(-c4ccc(N(c5ccccc5)c5ccc(-c6ccc(-c7ccc(-c8ccc(N(c9ccccc9)c9ccc(-c%10ccc(N(c%11ccccc%11)c%11ccc(-c%12ccccc%12)cc%11)cc%10)cc9)cc8)cc7)cc6)cc5)cc4)cc3)cc2)cc1. The summed E-state index contributed by atoms with van der Waals surface area (Å²) in [7, 11) is 0. The third-order valence-corrected chi connectivity index (χ3v) is 18.7. The van der Waals surface area contributed by atoms with E-state index in [0.29, 0.717) is 0 Å². The minimum absolute atomic E-state index is 1.08. The minimum Gasteiger partial charge on any atom is -0.311 e. The first kappa shape index (κ1) is 61.6. The number of rotatable bonds is 19. The summed E-state index contributed by atoms with van der Waals surface area (Å²) < 4.78 is 0. The van der Waals surface area contributed by atoms with Crippen molar-refractivity contribution >= 4 is 68.2 Å². The van der Waals surface area contributed by atoms with Gasteiger partial charge in [0.15, 0.2) is 0 Å². The van der Waals surface area contributed by atoms with Crippen LogP contribution >= 0.6 is 0 Å². The van der Waals surface area contributed by atoms with Crippen LogP contribution in [0.2, 0.25) is 0 Å². The van der Waals surface area contributed by atoms with Crippen molar-refractivity contribution in [3.63, 3.8) is 0 Å². The summed E-state index contributed by atoms with van der Waals surface area (Å²) in [6, 6.07) is 152. The van der Waals surface area contributed by atoms with E-state index in [0.717, 1.165) is 102 Å². The maximum Gasteiger partial charge on any atom is 0.0462 e. The van der Waals surface area contributed by atoms with Gasteiger partial charge < -0.3 is 19.6 Å². The molecule has 0 heterocycles. The molecule has 0 spiro atoms. The largest absolute Gasteiger partial charge is 0.311 e. The van der Waals surface area contributed by atoms with E-state index in [1.165, 1.54) is 44.5 Å². The molecule has 4 heteroatoms. The number of nitrogens with zero attached hydrogens (tertiary/aromatic N) is 4. The molecule has 100 heavy (non-hydrogen) atoms. The third kappa shape index (κ3) is 13.4. The quantitative estimate of drug-likeness (QED) is 0.0800. The molecule has 16 aromatic rings. The van der Waals surface area contributed by atoms with E-state index in [1.54, 1.807) is 0 Å². The van der Waals surface area contributed by atoms with Crippen LogP contribution in [-0.4, -0.2) is 0 Å². The van der Waals surface area contributed by atoms with E-state index in [-0.39, 0.29) is 0 Å². The molecule has 474 valence electrons. The monoisotopic (exact) mass is 1280 g/mol. The highest BCUT2D eigenvalue weighted by molar-refractivity contribution is 5.86. The van der Waals surface area contributed by atoms with Gasteiger partial charge in [-0.1, -0.05) is 279 Å². The average Bonchev–Trinajstić information content (AvgIpc) is 0.824. The molecule has 0 fully saturated rings. The second-order valence-corrected chi connectivity index (χ2v) is 24.9. The Morgan fingerprint density at radius 3 is 0.300 bits per heavy atom. The van der Waals surface area contributed by atoms with E-state index in [4.69, 9.17) is 0 Å². The molecular weight excluding hydrogens is 1210 g/mol. The van der Waals surface area contributed by atoms with Gasteiger partial charge in [0.2, 0.25) is 0 Å². The molecule has 0 aliphatic carbocycles. The Labute approximate surface area is 586 Å². The highest BCUT2D eigenvalue weighted by Gasteiger charge is 2.19. The highest BCUT2D eigenvalue weighted by Crippen LogP contribution is 2.43. The fraction of sp³-hybridized carbons (Fsp3) is 0. The van der Waals surface area contributed by atoms with Crippen molar-refractivity contribution < 1.29 is 0 Å². The molecule has 16 rings (SSSR count). The van der Waals surface area contributed by atoms with Crippen LogP contribution < -0.4 is 19.6 Å². The molecule has 0 aliphatic heterocycles. The summed E-state index contributed by atoms with van der Waals surface area (Å²) in [5, 5.41) is 0. The summed E-state index contributed by atoms with van der Waals surface area (Å²) in [5.74, 6) is 0. The van der Waals surface area contributed by atoms with Gasteiger partial charge in [0.25, 0.3) is 0 Å². The Balaban J connectivity index is 0.581. The van der Waals surface area contributed by atoms with Crippen LogP contribution in [0.5, 0.6) is 0 Å². The standard InChI is InChI=1S/C96H70N4/c1-7-19-71(20-8-1)77-39-55-89(56-40-77)97(85-23-11-3-12-24-85)93-63-47-81(48-64-93)83-51-67-95(68-52-83)99(87-27-15-5-16-28-87)91-59-43-79(44-60-91)75-35-31-73(32-36-75)74-33-37-76(38-34-74)80-45-61-92(62-46-80)100(88-29-17-6-18-30-88)96-69-53-84(54-70-96)82-49-65-94(66-50-82)98(86-25-13-4-14-26-86)90-57-41-78(42-58-90)72-21-9-2-10-22-72/h1-70H. The number of anilines is 12. The second kappa shape index (κ2) is 28.6. The fourth-order valence-corrected chi connectivity index (χ4v) is 13.5. The molecule has 0 amide bonds. The van der Waals surface area contributed by atoms with Crippen LogP contribution in [0, 0.1) is 0 Å². The molecule has 0 N–H and O–H groups in total. The number of hydrogen-bond donors (Lipinski definition) is 0. The maximum atomic E-state index is 2.33. The Kier molecular flexibility index (Phi) is 17.6. The van der Waals surface area contributed by atoms with Crippen molar-refractivity contribution in [2.24, 2.45) is 0 Å². The summed E-state index contributed by atoms with van der Waals surface area (Å²) in [5.41, 5.74) is 29.6. The summed E-state index contributed by atoms with van der Waals surface area (Å²) in [6.45, 7) is 0. The lowest BCUT2D eigenvalue weighted by atomic mass is 9.97. The molecule has 0 saturated carbocycles. The molecule has 0 bridgehead atoms. The Morgan fingerprint density at radius 1 is 0.0800 bits per heavy atom. The van der Waals surface area contributed by atoms with Crippen LogP contribution in [-0.2, 0) is 0 Å². The van der Waals surface area contributed by atoms with E-state index < -0.39 is 0 Å². The third-order valence-electron chi connectivity index (χ3n) is 18.7. The molecule has 16 aromatic carbocycles. The predicted molar refractivity (Wildman–Crippen MR) is 423 cm³/mol. The smallest absolute Gasteiger partial charge is 0.0462 e. The molecule has 0 radical (unpaired) electrons. The van der Waals surface area contributed by atoms with E-state index >= 15 is 0 Å². The first-order valence-corrected chi connectivity index (χ1v) is 34.1. The Hall–Kier alpha value is -13.3. The van der Waals surface area contributed by atoms with Crippen LogP contribution in [0.1, 0.15) is 0 Å². The molecule has 4 nitrogen and oxygen atoms in total. The first-order chi connectivity index (χ1) is 49.6. The van der Waals surface area contributed by atoms with Gasteiger partial charge in [0.1, 0.15) is 0 Å². The summed E-state index contributed by atoms with van der Waals surface area (Å²) >= 11 is 0. The zero-order valence-electron chi connectivity index (χ0n) is 55.2. The highest BCUT2D eigenvalue weighted by atomic mass is 15.2. The van der Waals surface area contributed by atoms with Crippen LogP contribution in [0.15, 0.2) is 425 Å². The summed E-state index contributed by atoms with van der Waals surface area (Å²) in [6.07, 6.45) is 0. The number of hydrogen-bond acceptors (Lipinski definition) is 4. The Morgan fingerprint density at radius 2 is 0.170 bits per heavy atom.